The highest BCUT2D eigenvalue weighted by molar-refractivity contribution is 9.08. The zero-order chi connectivity index (χ0) is 10.8. The van der Waals surface area contributed by atoms with Crippen LogP contribution in [-0.4, -0.2) is 11.3 Å². The first-order chi connectivity index (χ1) is 6.44. The maximum absolute atomic E-state index is 12.9. The van der Waals surface area contributed by atoms with Crippen LogP contribution in [-0.2, 0) is 5.33 Å². The third-order valence-electron chi connectivity index (χ3n) is 1.31. The van der Waals surface area contributed by atoms with Gasteiger partial charge in [0, 0.05) is 11.5 Å². The van der Waals surface area contributed by atoms with Crippen molar-refractivity contribution in [1.29, 1.82) is 0 Å². The number of pyridine rings is 1. The fraction of sp³-hybridized carbons (Fsp3) is 0.286. The molecule has 1 heterocycles. The number of halogens is 5. The second-order valence-electron chi connectivity index (χ2n) is 2.26. The number of aromatic nitrogens is 1. The quantitative estimate of drug-likeness (QED) is 0.611. The molecule has 1 aromatic rings. The van der Waals surface area contributed by atoms with Gasteiger partial charge in [-0.15, -0.1) is 13.2 Å². The van der Waals surface area contributed by atoms with Gasteiger partial charge < -0.3 is 4.74 Å². The molecule has 0 saturated carbocycles. The van der Waals surface area contributed by atoms with Gasteiger partial charge in [0.05, 0.1) is 5.56 Å². The molecule has 0 saturated heterocycles. The molecule has 0 spiro atoms. The smallest absolute Gasteiger partial charge is 0.387 e. The van der Waals surface area contributed by atoms with Crippen LogP contribution in [0.1, 0.15) is 5.56 Å². The van der Waals surface area contributed by atoms with E-state index in [0.29, 0.717) is 0 Å². The Morgan fingerprint density at radius 1 is 1.43 bits per heavy atom. The van der Waals surface area contributed by atoms with Gasteiger partial charge in [-0.2, -0.15) is 0 Å². The molecule has 2 nitrogen and oxygen atoms in total. The van der Waals surface area contributed by atoms with E-state index in [1.807, 2.05) is 0 Å². The van der Waals surface area contributed by atoms with E-state index < -0.39 is 18.1 Å². The van der Waals surface area contributed by atoms with Crippen molar-refractivity contribution in [3.05, 3.63) is 23.6 Å². The lowest BCUT2D eigenvalue weighted by Crippen LogP contribution is -2.19. The van der Waals surface area contributed by atoms with Crippen molar-refractivity contribution in [2.75, 3.05) is 0 Å². The van der Waals surface area contributed by atoms with Crippen LogP contribution in [0, 0.1) is 5.82 Å². The number of hydrogen-bond donors (Lipinski definition) is 0. The normalized spacial score (nSPS) is 11.5. The van der Waals surface area contributed by atoms with Crippen LogP contribution >= 0.6 is 15.9 Å². The second-order valence-corrected chi connectivity index (χ2v) is 2.82. The Bertz CT molecular complexity index is 328. The molecule has 0 atom stereocenters. The minimum absolute atomic E-state index is 0.0991. The zero-order valence-corrected chi connectivity index (χ0v) is 8.19. The minimum atomic E-state index is -4.86. The first-order valence-electron chi connectivity index (χ1n) is 3.39. The Labute approximate surface area is 85.0 Å². The Morgan fingerprint density at radius 3 is 2.57 bits per heavy atom. The topological polar surface area (TPSA) is 22.1 Å². The van der Waals surface area contributed by atoms with Crippen LogP contribution in [0.25, 0.3) is 0 Å². The van der Waals surface area contributed by atoms with E-state index >= 15 is 0 Å². The third-order valence-corrected chi connectivity index (χ3v) is 1.87. The number of alkyl halides is 4. The number of rotatable bonds is 2. The van der Waals surface area contributed by atoms with Crippen LogP contribution in [0.15, 0.2) is 12.3 Å². The first-order valence-corrected chi connectivity index (χ1v) is 4.51. The molecule has 0 aliphatic heterocycles. The van der Waals surface area contributed by atoms with Crippen LogP contribution in [0.3, 0.4) is 0 Å². The van der Waals surface area contributed by atoms with Gasteiger partial charge >= 0.3 is 6.36 Å². The van der Waals surface area contributed by atoms with Gasteiger partial charge in [0.2, 0.25) is 5.88 Å². The molecule has 0 aliphatic rings. The Morgan fingerprint density at radius 2 is 2.07 bits per heavy atom. The highest BCUT2D eigenvalue weighted by Gasteiger charge is 2.33. The summed E-state index contributed by atoms with van der Waals surface area (Å²) >= 11 is 2.84. The van der Waals surface area contributed by atoms with Crippen molar-refractivity contribution in [3.63, 3.8) is 0 Å². The molecule has 7 heteroatoms. The summed E-state index contributed by atoms with van der Waals surface area (Å²) in [4.78, 5) is 3.28. The SMILES string of the molecule is Fc1ccnc(OC(F)(F)F)c1CBr. The van der Waals surface area contributed by atoms with Crippen molar-refractivity contribution < 1.29 is 22.3 Å². The Hall–Kier alpha value is -0.850. The molecule has 0 aromatic carbocycles. The molecular weight excluding hydrogens is 270 g/mol. The number of nitrogens with zero attached hydrogens (tertiary/aromatic N) is 1. The summed E-state index contributed by atoms with van der Waals surface area (Å²) in [5, 5.41) is -0.0991. The summed E-state index contributed by atoms with van der Waals surface area (Å²) in [6, 6.07) is 0.958. The summed E-state index contributed by atoms with van der Waals surface area (Å²) in [6.07, 6.45) is -3.96. The van der Waals surface area contributed by atoms with Crippen molar-refractivity contribution in [3.8, 4) is 5.88 Å². The highest BCUT2D eigenvalue weighted by Crippen LogP contribution is 2.27. The maximum atomic E-state index is 12.9. The van der Waals surface area contributed by atoms with Gasteiger partial charge in [-0.1, -0.05) is 15.9 Å². The highest BCUT2D eigenvalue weighted by atomic mass is 79.9. The lowest BCUT2D eigenvalue weighted by Gasteiger charge is -2.10. The van der Waals surface area contributed by atoms with Crippen LogP contribution < -0.4 is 4.74 Å². The van der Waals surface area contributed by atoms with E-state index in [1.165, 1.54) is 0 Å². The Kier molecular flexibility index (Phi) is 3.30. The zero-order valence-electron chi connectivity index (χ0n) is 6.61. The summed E-state index contributed by atoms with van der Waals surface area (Å²) in [5.74, 6) is -1.56. The molecule has 1 aromatic heterocycles. The summed E-state index contributed by atoms with van der Waals surface area (Å²) in [7, 11) is 0. The van der Waals surface area contributed by atoms with Crippen LogP contribution in [0.4, 0.5) is 17.6 Å². The standard InChI is InChI=1S/C7H4BrF4NO/c8-3-4-5(9)1-2-13-6(4)14-7(10,11)12/h1-2H,3H2. The van der Waals surface area contributed by atoms with E-state index in [9.17, 15) is 17.6 Å². The number of ether oxygens (including phenoxy) is 1. The molecule has 0 bridgehead atoms. The number of hydrogen-bond acceptors (Lipinski definition) is 2. The molecule has 0 aliphatic carbocycles. The molecule has 1 rings (SSSR count). The van der Waals surface area contributed by atoms with E-state index in [4.69, 9.17) is 0 Å². The molecule has 0 amide bonds. The summed E-state index contributed by atoms with van der Waals surface area (Å²) in [5.41, 5.74) is -0.259. The lowest BCUT2D eigenvalue weighted by atomic mass is 10.3. The predicted molar refractivity (Wildman–Crippen MR) is 43.5 cm³/mol. The second kappa shape index (κ2) is 4.12. The average molecular weight is 274 g/mol. The largest absolute Gasteiger partial charge is 0.574 e. The third kappa shape index (κ3) is 2.83. The molecule has 0 fully saturated rings. The van der Waals surface area contributed by atoms with Gasteiger partial charge in [0.25, 0.3) is 0 Å². The fourth-order valence-corrected chi connectivity index (χ4v) is 1.28. The lowest BCUT2D eigenvalue weighted by molar-refractivity contribution is -0.276. The van der Waals surface area contributed by atoms with Gasteiger partial charge in [0.15, 0.2) is 0 Å². The summed E-state index contributed by atoms with van der Waals surface area (Å²) in [6.45, 7) is 0. The van der Waals surface area contributed by atoms with Crippen molar-refractivity contribution in [1.82, 2.24) is 4.98 Å². The first kappa shape index (κ1) is 11.2. The van der Waals surface area contributed by atoms with Crippen LogP contribution in [0.2, 0.25) is 0 Å². The van der Waals surface area contributed by atoms with Crippen molar-refractivity contribution in [2.24, 2.45) is 0 Å². The average Bonchev–Trinajstić information content (AvgIpc) is 2.01. The Balaban J connectivity index is 3.02. The van der Waals surface area contributed by atoms with Crippen LogP contribution in [0.5, 0.6) is 5.88 Å². The molecule has 78 valence electrons. The van der Waals surface area contributed by atoms with Gasteiger partial charge in [-0.3, -0.25) is 0 Å². The summed E-state index contributed by atoms with van der Waals surface area (Å²) < 4.78 is 51.8. The molecule has 0 unspecified atom stereocenters. The minimum Gasteiger partial charge on any atom is -0.387 e. The molecule has 14 heavy (non-hydrogen) atoms. The predicted octanol–water partition coefficient (Wildman–Crippen LogP) is 3.01. The van der Waals surface area contributed by atoms with Crippen molar-refractivity contribution >= 4 is 15.9 Å². The fourth-order valence-electron chi connectivity index (χ4n) is 0.770. The molecule has 0 radical (unpaired) electrons. The van der Waals surface area contributed by atoms with E-state index in [-0.39, 0.29) is 10.9 Å². The van der Waals surface area contributed by atoms with E-state index in [0.717, 1.165) is 12.3 Å². The van der Waals surface area contributed by atoms with E-state index in [2.05, 4.69) is 25.7 Å². The van der Waals surface area contributed by atoms with Gasteiger partial charge in [0.1, 0.15) is 5.82 Å². The van der Waals surface area contributed by atoms with Crippen molar-refractivity contribution in [2.45, 2.75) is 11.7 Å². The molecular formula is C7H4BrF4NO. The van der Waals surface area contributed by atoms with Gasteiger partial charge in [-0.05, 0) is 6.07 Å². The van der Waals surface area contributed by atoms with Gasteiger partial charge in [-0.25, -0.2) is 9.37 Å². The maximum Gasteiger partial charge on any atom is 0.574 e. The molecule has 0 N–H and O–H groups in total. The monoisotopic (exact) mass is 273 g/mol. The van der Waals surface area contributed by atoms with E-state index in [1.54, 1.807) is 0 Å².